The van der Waals surface area contributed by atoms with Crippen LogP contribution in [-0.4, -0.2) is 24.4 Å². The third-order valence-electron chi connectivity index (χ3n) is 11.7. The average Bonchev–Trinajstić information content (AvgIpc) is 3.44. The fraction of sp³-hybridized carbons (Fsp3) is 0.600. The Kier molecular flexibility index (Phi) is 7.42. The molecular weight excluding hydrogens is 523 g/mol. The summed E-state index contributed by atoms with van der Waals surface area (Å²) in [6, 6.07) is 17.4. The van der Waals surface area contributed by atoms with Gasteiger partial charge in [-0.1, -0.05) is 122 Å². The molecule has 226 valence electrons. The maximum absolute atomic E-state index is 3.12. The maximum atomic E-state index is 3.12. The van der Waals surface area contributed by atoms with Crippen molar-refractivity contribution < 1.29 is 0 Å². The number of fused-ring (bicyclic) bond motifs is 4. The van der Waals surface area contributed by atoms with Crippen LogP contribution in [0.25, 0.3) is 16.7 Å². The van der Waals surface area contributed by atoms with Gasteiger partial charge in [0.05, 0.1) is 0 Å². The molecule has 0 heterocycles. The molecule has 4 aliphatic carbocycles. The van der Waals surface area contributed by atoms with E-state index in [2.05, 4.69) is 128 Å². The minimum absolute atomic E-state index is 0.0411. The molecule has 0 aromatic heterocycles. The Morgan fingerprint density at radius 2 is 1.40 bits per heavy atom. The van der Waals surface area contributed by atoms with E-state index >= 15 is 0 Å². The summed E-state index contributed by atoms with van der Waals surface area (Å²) >= 11 is 0. The molecule has 2 saturated carbocycles. The number of benzene rings is 2. The topological polar surface area (TPSA) is 3.24 Å². The highest BCUT2D eigenvalue weighted by Gasteiger charge is 2.53. The number of allylic oxidation sites excluding steroid dienone is 4. The van der Waals surface area contributed by atoms with Gasteiger partial charge in [-0.05, 0) is 108 Å². The molecule has 0 spiro atoms. The summed E-state index contributed by atoms with van der Waals surface area (Å²) in [6.07, 6.45) is 15.4. The summed E-state index contributed by atoms with van der Waals surface area (Å²) in [7, 11) is -1.71. The Morgan fingerprint density at radius 3 is 2.02 bits per heavy atom. The predicted molar refractivity (Wildman–Crippen MR) is 186 cm³/mol. The van der Waals surface area contributed by atoms with Crippen molar-refractivity contribution in [1.29, 1.82) is 0 Å². The van der Waals surface area contributed by atoms with Gasteiger partial charge in [-0.15, -0.1) is 0 Å². The highest BCUT2D eigenvalue weighted by molar-refractivity contribution is 6.76. The lowest BCUT2D eigenvalue weighted by Gasteiger charge is -2.55. The molecule has 3 unspecified atom stereocenters. The van der Waals surface area contributed by atoms with Gasteiger partial charge in [0, 0.05) is 17.0 Å². The van der Waals surface area contributed by atoms with E-state index in [-0.39, 0.29) is 16.4 Å². The van der Waals surface area contributed by atoms with Crippen molar-refractivity contribution in [3.05, 3.63) is 76.9 Å². The van der Waals surface area contributed by atoms with Crippen molar-refractivity contribution in [2.75, 3.05) is 0 Å². The molecule has 4 aliphatic rings. The largest absolute Gasteiger partial charge is 0.316 e. The molecule has 0 aliphatic heterocycles. The van der Waals surface area contributed by atoms with E-state index in [1.807, 2.05) is 0 Å². The lowest BCUT2D eigenvalue weighted by atomic mass is 9.76. The van der Waals surface area contributed by atoms with Crippen LogP contribution in [0.1, 0.15) is 117 Å². The molecule has 2 aromatic carbocycles. The average molecular weight is 580 g/mol. The van der Waals surface area contributed by atoms with Crippen molar-refractivity contribution >= 4 is 13.8 Å². The quantitative estimate of drug-likeness (QED) is 0.326. The summed E-state index contributed by atoms with van der Waals surface area (Å²) in [5, 5.41) is 0. The number of rotatable bonds is 4. The molecule has 6 rings (SSSR count). The molecule has 2 aromatic rings. The lowest BCUT2D eigenvalue weighted by molar-refractivity contribution is 0.140. The normalized spacial score (nSPS) is 26.0. The highest BCUT2D eigenvalue weighted by Crippen LogP contribution is 2.59. The van der Waals surface area contributed by atoms with Crippen molar-refractivity contribution in [2.24, 2.45) is 11.8 Å². The summed E-state index contributed by atoms with van der Waals surface area (Å²) in [6.45, 7) is 24.9. The van der Waals surface area contributed by atoms with Gasteiger partial charge >= 0.3 is 0 Å². The van der Waals surface area contributed by atoms with E-state index in [1.165, 1.54) is 72.8 Å². The smallest absolute Gasteiger partial charge is 0.126 e. The Balaban J connectivity index is 1.33. The van der Waals surface area contributed by atoms with E-state index < -0.39 is 8.24 Å². The third-order valence-corrected chi connectivity index (χ3v) is 16.5. The molecular formula is C40H57NSi. The second kappa shape index (κ2) is 10.3. The van der Waals surface area contributed by atoms with Gasteiger partial charge in [-0.25, -0.2) is 0 Å². The second-order valence-electron chi connectivity index (χ2n) is 17.3. The number of nitrogens with zero attached hydrogens (tertiary/aromatic N) is 1. The van der Waals surface area contributed by atoms with Gasteiger partial charge in [-0.3, -0.25) is 0 Å². The highest BCUT2D eigenvalue weighted by atomic mass is 28.3. The zero-order valence-corrected chi connectivity index (χ0v) is 29.4. The molecule has 0 N–H and O–H groups in total. The van der Waals surface area contributed by atoms with E-state index in [0.29, 0.717) is 11.8 Å². The van der Waals surface area contributed by atoms with Gasteiger partial charge < -0.3 is 4.57 Å². The van der Waals surface area contributed by atoms with Crippen LogP contribution in [0.15, 0.2) is 60.2 Å². The maximum Gasteiger partial charge on any atom is 0.126 e. The fourth-order valence-corrected chi connectivity index (χ4v) is 15.3. The number of hydrogen-bond donors (Lipinski definition) is 0. The predicted octanol–water partition coefficient (Wildman–Crippen LogP) is 11.3. The van der Waals surface area contributed by atoms with Crippen LogP contribution < -0.4 is 0 Å². The van der Waals surface area contributed by atoms with E-state index in [9.17, 15) is 0 Å². The van der Waals surface area contributed by atoms with Gasteiger partial charge in [0.1, 0.15) is 8.24 Å². The summed E-state index contributed by atoms with van der Waals surface area (Å²) in [4.78, 5) is 0. The van der Waals surface area contributed by atoms with Crippen LogP contribution in [0.5, 0.6) is 0 Å². The minimum Gasteiger partial charge on any atom is -0.316 e. The van der Waals surface area contributed by atoms with Crippen molar-refractivity contribution in [2.45, 2.75) is 141 Å². The van der Waals surface area contributed by atoms with Crippen LogP contribution in [0.3, 0.4) is 0 Å². The first-order valence-electron chi connectivity index (χ1n) is 17.1. The standard InChI is InChI=1S/C40H57NSi/c1-38(2,3)30-20-16-27(17-21-30)28-18-22-32-34-24-29-19-23-37(33(29)26-36(34)40(7,8)35(32)25-28)42(9,10)41(39(4,5)6)31-14-12-11-13-15-31/h16-18,20-22,24-26,29,31,33,37H,11-15,19,23H2,1-10H3. The Morgan fingerprint density at radius 1 is 0.762 bits per heavy atom. The Hall–Kier alpha value is -1.90. The fourth-order valence-electron chi connectivity index (χ4n) is 9.86. The molecule has 0 amide bonds. The summed E-state index contributed by atoms with van der Waals surface area (Å²) in [5.41, 5.74) is 11.5. The van der Waals surface area contributed by atoms with Gasteiger partial charge in [-0.2, -0.15) is 0 Å². The molecule has 0 saturated heterocycles. The second-order valence-corrected chi connectivity index (χ2v) is 21.8. The lowest BCUT2D eigenvalue weighted by Crippen LogP contribution is -2.64. The van der Waals surface area contributed by atoms with Crippen molar-refractivity contribution in [3.8, 4) is 11.1 Å². The van der Waals surface area contributed by atoms with Gasteiger partial charge in [0.2, 0.25) is 0 Å². The Labute approximate surface area is 259 Å². The van der Waals surface area contributed by atoms with Crippen molar-refractivity contribution in [1.82, 2.24) is 4.57 Å². The molecule has 0 radical (unpaired) electrons. The zero-order valence-electron chi connectivity index (χ0n) is 28.4. The molecule has 2 fully saturated rings. The molecule has 3 atom stereocenters. The molecule has 2 heteroatoms. The number of hydrogen-bond acceptors (Lipinski definition) is 1. The van der Waals surface area contributed by atoms with Crippen LogP contribution in [0.2, 0.25) is 18.6 Å². The van der Waals surface area contributed by atoms with Crippen LogP contribution in [0, 0.1) is 11.8 Å². The summed E-state index contributed by atoms with van der Waals surface area (Å²) < 4.78 is 3.12. The van der Waals surface area contributed by atoms with Gasteiger partial charge in [0.25, 0.3) is 0 Å². The van der Waals surface area contributed by atoms with E-state index in [0.717, 1.165) is 11.6 Å². The SMILES string of the molecule is CC(C)(C)c1ccc(-c2ccc3c(c2)C(C)(C)C2=CC4C(C=C23)CCC4[Si](C)(C)N(C2CCCCC2)C(C)(C)C)cc1. The summed E-state index contributed by atoms with van der Waals surface area (Å²) in [5.74, 6) is 1.39. The van der Waals surface area contributed by atoms with Crippen molar-refractivity contribution in [3.63, 3.8) is 0 Å². The van der Waals surface area contributed by atoms with Gasteiger partial charge in [0.15, 0.2) is 0 Å². The van der Waals surface area contributed by atoms with Crippen LogP contribution >= 0.6 is 0 Å². The van der Waals surface area contributed by atoms with Crippen LogP contribution in [-0.2, 0) is 10.8 Å². The molecule has 0 bridgehead atoms. The monoisotopic (exact) mass is 579 g/mol. The van der Waals surface area contributed by atoms with Crippen LogP contribution in [0.4, 0.5) is 0 Å². The first kappa shape index (κ1) is 30.1. The van der Waals surface area contributed by atoms with E-state index in [4.69, 9.17) is 0 Å². The zero-order chi connectivity index (χ0) is 30.2. The Bertz CT molecular complexity index is 1380. The molecule has 42 heavy (non-hydrogen) atoms. The third kappa shape index (κ3) is 5.03. The molecule has 1 nitrogen and oxygen atoms in total. The first-order chi connectivity index (χ1) is 19.6. The minimum atomic E-state index is -1.71. The van der Waals surface area contributed by atoms with E-state index in [1.54, 1.807) is 11.1 Å². The first-order valence-corrected chi connectivity index (χ1v) is 20.1.